The van der Waals surface area contributed by atoms with E-state index < -0.39 is 0 Å². The maximum atomic E-state index is 12.5. The first-order valence-electron chi connectivity index (χ1n) is 8.93. The highest BCUT2D eigenvalue weighted by molar-refractivity contribution is 5.89. The molecule has 1 aromatic heterocycles. The summed E-state index contributed by atoms with van der Waals surface area (Å²) in [5.41, 5.74) is 5.26. The third-order valence-corrected chi connectivity index (χ3v) is 5.00. The molecule has 4 rings (SSSR count). The number of imidazole rings is 1. The number of nitrogens with one attached hydrogen (secondary N) is 2. The lowest BCUT2D eigenvalue weighted by Gasteiger charge is -2.34. The minimum atomic E-state index is -0.0440. The van der Waals surface area contributed by atoms with Crippen molar-refractivity contribution in [3.05, 3.63) is 53.6 Å². The Kier molecular flexibility index (Phi) is 4.24. The van der Waals surface area contributed by atoms with Crippen LogP contribution < -0.4 is 10.2 Å². The van der Waals surface area contributed by atoms with Crippen molar-refractivity contribution in [2.45, 2.75) is 13.8 Å². The number of aryl methyl sites for hydroxylation is 2. The molecule has 2 N–H and O–H groups in total. The SMILES string of the molecule is Cc1ccc(NC(=O)N2CCN(c3nc4ccccc4[nH]3)CC2)cc1C. The van der Waals surface area contributed by atoms with Crippen LogP contribution in [0.3, 0.4) is 0 Å². The molecule has 134 valence electrons. The van der Waals surface area contributed by atoms with Crippen molar-refractivity contribution in [1.82, 2.24) is 14.9 Å². The molecule has 1 aliphatic rings. The molecule has 2 amide bonds. The number of hydrogen-bond acceptors (Lipinski definition) is 3. The first-order valence-corrected chi connectivity index (χ1v) is 8.93. The van der Waals surface area contributed by atoms with Crippen LogP contribution in [-0.4, -0.2) is 47.1 Å². The van der Waals surface area contributed by atoms with Gasteiger partial charge in [-0.15, -0.1) is 0 Å². The standard InChI is InChI=1S/C20H23N5O/c1-14-7-8-16(13-15(14)2)21-20(26)25-11-9-24(10-12-25)19-22-17-5-3-4-6-18(17)23-19/h3-8,13H,9-12H2,1-2H3,(H,21,26)(H,22,23). The minimum absolute atomic E-state index is 0.0440. The number of carbonyl (C=O) groups is 1. The lowest BCUT2D eigenvalue weighted by atomic mass is 10.1. The van der Waals surface area contributed by atoms with E-state index in [0.717, 1.165) is 35.8 Å². The van der Waals surface area contributed by atoms with Crippen LogP contribution in [0.15, 0.2) is 42.5 Å². The van der Waals surface area contributed by atoms with Crippen LogP contribution in [0.5, 0.6) is 0 Å². The van der Waals surface area contributed by atoms with Crippen LogP contribution >= 0.6 is 0 Å². The van der Waals surface area contributed by atoms with Crippen LogP contribution in [0.4, 0.5) is 16.4 Å². The number of aromatic amines is 1. The Morgan fingerprint density at radius 2 is 1.81 bits per heavy atom. The summed E-state index contributed by atoms with van der Waals surface area (Å²) in [4.78, 5) is 24.6. The van der Waals surface area contributed by atoms with Gasteiger partial charge in [0, 0.05) is 31.9 Å². The smallest absolute Gasteiger partial charge is 0.321 e. The number of piperazine rings is 1. The summed E-state index contributed by atoms with van der Waals surface area (Å²) in [7, 11) is 0. The fourth-order valence-corrected chi connectivity index (χ4v) is 3.23. The third-order valence-electron chi connectivity index (χ3n) is 5.00. The van der Waals surface area contributed by atoms with Gasteiger partial charge in [0.1, 0.15) is 0 Å². The lowest BCUT2D eigenvalue weighted by Crippen LogP contribution is -2.50. The van der Waals surface area contributed by atoms with E-state index in [2.05, 4.69) is 34.0 Å². The highest BCUT2D eigenvalue weighted by Gasteiger charge is 2.23. The number of carbonyl (C=O) groups excluding carboxylic acids is 1. The van der Waals surface area contributed by atoms with Gasteiger partial charge in [0.25, 0.3) is 0 Å². The van der Waals surface area contributed by atoms with E-state index in [1.54, 1.807) is 0 Å². The minimum Gasteiger partial charge on any atom is -0.339 e. The molecule has 1 fully saturated rings. The van der Waals surface area contributed by atoms with Crippen molar-refractivity contribution < 1.29 is 4.79 Å². The summed E-state index contributed by atoms with van der Waals surface area (Å²) < 4.78 is 0. The molecular weight excluding hydrogens is 326 g/mol. The summed E-state index contributed by atoms with van der Waals surface area (Å²) in [6, 6.07) is 14.0. The van der Waals surface area contributed by atoms with Crippen molar-refractivity contribution in [2.75, 3.05) is 36.4 Å². The molecule has 0 bridgehead atoms. The Balaban J connectivity index is 1.38. The molecule has 6 nitrogen and oxygen atoms in total. The second-order valence-electron chi connectivity index (χ2n) is 6.78. The lowest BCUT2D eigenvalue weighted by molar-refractivity contribution is 0.208. The molecule has 0 atom stereocenters. The summed E-state index contributed by atoms with van der Waals surface area (Å²) in [5, 5.41) is 3.00. The number of para-hydroxylation sites is 2. The van der Waals surface area contributed by atoms with Crippen molar-refractivity contribution >= 4 is 28.7 Å². The fraction of sp³-hybridized carbons (Fsp3) is 0.300. The molecule has 26 heavy (non-hydrogen) atoms. The molecule has 1 saturated heterocycles. The number of benzene rings is 2. The van der Waals surface area contributed by atoms with Gasteiger partial charge in [-0.25, -0.2) is 9.78 Å². The van der Waals surface area contributed by atoms with Crippen molar-refractivity contribution in [3.8, 4) is 0 Å². The zero-order chi connectivity index (χ0) is 18.1. The van der Waals surface area contributed by atoms with Crippen LogP contribution in [-0.2, 0) is 0 Å². The Bertz CT molecular complexity index is 907. The summed E-state index contributed by atoms with van der Waals surface area (Å²) in [6.45, 7) is 7.00. The van der Waals surface area contributed by atoms with Crippen LogP contribution in [0.1, 0.15) is 11.1 Å². The molecule has 3 aromatic rings. The van der Waals surface area contributed by atoms with Crippen molar-refractivity contribution in [2.24, 2.45) is 0 Å². The van der Waals surface area contributed by atoms with E-state index in [9.17, 15) is 4.79 Å². The molecule has 0 aliphatic carbocycles. The number of hydrogen-bond donors (Lipinski definition) is 2. The Morgan fingerprint density at radius 3 is 2.54 bits per heavy atom. The average molecular weight is 349 g/mol. The average Bonchev–Trinajstić information content (AvgIpc) is 3.09. The van der Waals surface area contributed by atoms with Crippen molar-refractivity contribution in [3.63, 3.8) is 0 Å². The van der Waals surface area contributed by atoms with Crippen LogP contribution in [0, 0.1) is 13.8 Å². The second-order valence-corrected chi connectivity index (χ2v) is 6.78. The van der Waals surface area contributed by atoms with Gasteiger partial charge in [-0.3, -0.25) is 0 Å². The Labute approximate surface area is 152 Å². The van der Waals surface area contributed by atoms with Gasteiger partial charge in [-0.2, -0.15) is 0 Å². The number of H-pyrrole nitrogens is 1. The van der Waals surface area contributed by atoms with Gasteiger partial charge < -0.3 is 20.1 Å². The normalized spacial score (nSPS) is 14.7. The third kappa shape index (κ3) is 3.22. The predicted molar refractivity (Wildman–Crippen MR) is 105 cm³/mol. The summed E-state index contributed by atoms with van der Waals surface area (Å²) >= 11 is 0. The number of fused-ring (bicyclic) bond motifs is 1. The van der Waals surface area contributed by atoms with Crippen LogP contribution in [0.25, 0.3) is 11.0 Å². The van der Waals surface area contributed by atoms with Gasteiger partial charge in [-0.1, -0.05) is 18.2 Å². The highest BCUT2D eigenvalue weighted by atomic mass is 16.2. The van der Waals surface area contributed by atoms with Crippen LogP contribution in [0.2, 0.25) is 0 Å². The van der Waals surface area contributed by atoms with E-state index in [4.69, 9.17) is 0 Å². The Morgan fingerprint density at radius 1 is 1.04 bits per heavy atom. The summed E-state index contributed by atoms with van der Waals surface area (Å²) in [5.74, 6) is 0.875. The summed E-state index contributed by atoms with van der Waals surface area (Å²) in [6.07, 6.45) is 0. The van der Waals surface area contributed by atoms with E-state index in [0.29, 0.717) is 13.1 Å². The second kappa shape index (κ2) is 6.71. The maximum Gasteiger partial charge on any atom is 0.321 e. The monoisotopic (exact) mass is 349 g/mol. The zero-order valence-corrected chi connectivity index (χ0v) is 15.1. The highest BCUT2D eigenvalue weighted by Crippen LogP contribution is 2.19. The maximum absolute atomic E-state index is 12.5. The van der Waals surface area contributed by atoms with E-state index >= 15 is 0 Å². The number of aromatic nitrogens is 2. The quantitative estimate of drug-likeness (QED) is 0.744. The first-order chi connectivity index (χ1) is 12.6. The topological polar surface area (TPSA) is 64.3 Å². The molecule has 0 unspecified atom stereocenters. The van der Waals surface area contributed by atoms with Gasteiger partial charge in [0.2, 0.25) is 5.95 Å². The molecule has 0 spiro atoms. The van der Waals surface area contributed by atoms with Crippen molar-refractivity contribution in [1.29, 1.82) is 0 Å². The molecular formula is C20H23N5O. The van der Waals surface area contributed by atoms with Gasteiger partial charge >= 0.3 is 6.03 Å². The number of nitrogens with zero attached hydrogens (tertiary/aromatic N) is 3. The Hall–Kier alpha value is -3.02. The van der Waals surface area contributed by atoms with Gasteiger partial charge in [0.15, 0.2) is 0 Å². The number of amides is 2. The first kappa shape index (κ1) is 16.4. The largest absolute Gasteiger partial charge is 0.339 e. The fourth-order valence-electron chi connectivity index (χ4n) is 3.23. The van der Waals surface area contributed by atoms with Gasteiger partial charge in [-0.05, 0) is 49.2 Å². The molecule has 2 heterocycles. The number of urea groups is 1. The van der Waals surface area contributed by atoms with E-state index in [1.165, 1.54) is 11.1 Å². The van der Waals surface area contributed by atoms with Gasteiger partial charge in [0.05, 0.1) is 11.0 Å². The molecule has 6 heteroatoms. The number of anilines is 2. The molecule has 0 saturated carbocycles. The predicted octanol–water partition coefficient (Wildman–Crippen LogP) is 3.53. The molecule has 0 radical (unpaired) electrons. The zero-order valence-electron chi connectivity index (χ0n) is 15.1. The van der Waals surface area contributed by atoms with E-state index in [-0.39, 0.29) is 6.03 Å². The number of rotatable bonds is 2. The molecule has 2 aromatic carbocycles. The van der Waals surface area contributed by atoms with E-state index in [1.807, 2.05) is 47.4 Å². The molecule has 1 aliphatic heterocycles.